The van der Waals surface area contributed by atoms with E-state index in [2.05, 4.69) is 15.3 Å². The summed E-state index contributed by atoms with van der Waals surface area (Å²) in [6, 6.07) is 10.9. The van der Waals surface area contributed by atoms with Crippen LogP contribution in [0.1, 0.15) is 34.5 Å². The molecule has 2 amide bonds. The highest BCUT2D eigenvalue weighted by Gasteiger charge is 2.44. The van der Waals surface area contributed by atoms with Crippen molar-refractivity contribution in [2.75, 3.05) is 12.4 Å². The lowest BCUT2D eigenvalue weighted by Gasteiger charge is -2.34. The average Bonchev–Trinajstić information content (AvgIpc) is 2.98. The van der Waals surface area contributed by atoms with Crippen molar-refractivity contribution in [3.05, 3.63) is 59.4 Å². The molecule has 0 saturated heterocycles. The Morgan fingerprint density at radius 2 is 2.15 bits per heavy atom. The van der Waals surface area contributed by atoms with E-state index in [-0.39, 0.29) is 24.2 Å². The molecule has 7 heteroatoms. The lowest BCUT2D eigenvalue weighted by Crippen LogP contribution is -2.47. The molecule has 0 saturated carbocycles. The van der Waals surface area contributed by atoms with Crippen LogP contribution in [0, 0.1) is 0 Å². The zero-order chi connectivity index (χ0) is 18.3. The van der Waals surface area contributed by atoms with Gasteiger partial charge in [0, 0.05) is 18.9 Å². The van der Waals surface area contributed by atoms with E-state index in [0.29, 0.717) is 11.4 Å². The van der Waals surface area contributed by atoms with Gasteiger partial charge in [0.25, 0.3) is 5.91 Å². The summed E-state index contributed by atoms with van der Waals surface area (Å²) in [6.45, 7) is 0. The second kappa shape index (κ2) is 5.94. The van der Waals surface area contributed by atoms with Crippen LogP contribution in [0.15, 0.2) is 47.6 Å². The van der Waals surface area contributed by atoms with Crippen LogP contribution in [0.4, 0.5) is 5.69 Å². The van der Waals surface area contributed by atoms with Gasteiger partial charge in [0.1, 0.15) is 5.69 Å². The Kier molecular flexibility index (Phi) is 3.72. The van der Waals surface area contributed by atoms with Crippen molar-refractivity contribution < 1.29 is 9.59 Å². The SMILES string of the molecule is CN1C(=O)C[C@]2(CCc3ccc(NC(=O)c4ccccn4)cc32)N=C1N. The summed E-state index contributed by atoms with van der Waals surface area (Å²) in [5, 5.41) is 2.86. The minimum Gasteiger partial charge on any atom is -0.369 e. The highest BCUT2D eigenvalue weighted by Crippen LogP contribution is 2.45. The van der Waals surface area contributed by atoms with Crippen molar-refractivity contribution in [2.24, 2.45) is 10.7 Å². The van der Waals surface area contributed by atoms with Crippen molar-refractivity contribution in [2.45, 2.75) is 24.8 Å². The Hall–Kier alpha value is -3.22. The predicted molar refractivity (Wildman–Crippen MR) is 97.6 cm³/mol. The van der Waals surface area contributed by atoms with Gasteiger partial charge in [-0.05, 0) is 48.2 Å². The van der Waals surface area contributed by atoms with Gasteiger partial charge in [0.2, 0.25) is 5.91 Å². The van der Waals surface area contributed by atoms with Gasteiger partial charge in [0.15, 0.2) is 5.96 Å². The van der Waals surface area contributed by atoms with Crippen LogP contribution in [0.3, 0.4) is 0 Å². The first-order valence-electron chi connectivity index (χ1n) is 8.46. The van der Waals surface area contributed by atoms with Gasteiger partial charge < -0.3 is 11.1 Å². The lowest BCUT2D eigenvalue weighted by atomic mass is 9.87. The normalized spacial score (nSPS) is 21.5. The number of anilines is 1. The first-order valence-corrected chi connectivity index (χ1v) is 8.46. The van der Waals surface area contributed by atoms with Gasteiger partial charge in [-0.3, -0.25) is 19.5 Å². The number of nitrogens with zero attached hydrogens (tertiary/aromatic N) is 3. The molecule has 2 aromatic rings. The van der Waals surface area contributed by atoms with E-state index in [1.807, 2.05) is 18.2 Å². The van der Waals surface area contributed by atoms with Crippen molar-refractivity contribution in [1.82, 2.24) is 9.88 Å². The van der Waals surface area contributed by atoms with Crippen LogP contribution in [-0.2, 0) is 16.8 Å². The summed E-state index contributed by atoms with van der Waals surface area (Å²) >= 11 is 0. The van der Waals surface area contributed by atoms with Crippen molar-refractivity contribution in [1.29, 1.82) is 0 Å². The van der Waals surface area contributed by atoms with Gasteiger partial charge in [-0.2, -0.15) is 0 Å². The summed E-state index contributed by atoms with van der Waals surface area (Å²) in [5.41, 5.74) is 8.42. The van der Waals surface area contributed by atoms with E-state index < -0.39 is 5.54 Å². The van der Waals surface area contributed by atoms with Crippen LogP contribution in [0.5, 0.6) is 0 Å². The summed E-state index contributed by atoms with van der Waals surface area (Å²) in [6.07, 6.45) is 3.43. The van der Waals surface area contributed by atoms with Crippen molar-refractivity contribution in [3.63, 3.8) is 0 Å². The second-order valence-electron chi connectivity index (χ2n) is 6.67. The molecule has 1 aromatic heterocycles. The Balaban J connectivity index is 1.67. The van der Waals surface area contributed by atoms with Crippen LogP contribution < -0.4 is 11.1 Å². The third kappa shape index (κ3) is 2.61. The van der Waals surface area contributed by atoms with E-state index in [1.54, 1.807) is 31.4 Å². The quantitative estimate of drug-likeness (QED) is 0.861. The van der Waals surface area contributed by atoms with Crippen LogP contribution in [0.2, 0.25) is 0 Å². The summed E-state index contributed by atoms with van der Waals surface area (Å²) < 4.78 is 0. The number of pyridine rings is 1. The fraction of sp³-hybridized carbons (Fsp3) is 0.263. The zero-order valence-corrected chi connectivity index (χ0v) is 14.4. The maximum absolute atomic E-state index is 12.3. The van der Waals surface area contributed by atoms with Gasteiger partial charge in [-0.1, -0.05) is 12.1 Å². The molecule has 0 radical (unpaired) electrons. The molecule has 2 heterocycles. The Morgan fingerprint density at radius 3 is 2.88 bits per heavy atom. The number of carbonyl (C=O) groups is 2. The molecule has 1 atom stereocenters. The topological polar surface area (TPSA) is 101 Å². The fourth-order valence-electron chi connectivity index (χ4n) is 3.60. The Labute approximate surface area is 150 Å². The average molecular weight is 349 g/mol. The minimum atomic E-state index is -0.630. The number of nitrogens with two attached hydrogens (primary N) is 1. The van der Waals surface area contributed by atoms with Crippen LogP contribution >= 0.6 is 0 Å². The summed E-state index contributed by atoms with van der Waals surface area (Å²) in [4.78, 5) is 34.7. The van der Waals surface area contributed by atoms with Crippen molar-refractivity contribution in [3.8, 4) is 0 Å². The number of benzene rings is 1. The minimum absolute atomic E-state index is 0.0479. The molecule has 7 nitrogen and oxygen atoms in total. The second-order valence-corrected chi connectivity index (χ2v) is 6.67. The molecule has 0 bridgehead atoms. The molecular formula is C19H19N5O2. The molecule has 2 aliphatic rings. The summed E-state index contributed by atoms with van der Waals surface area (Å²) in [7, 11) is 1.63. The van der Waals surface area contributed by atoms with Gasteiger partial charge in [-0.25, -0.2) is 4.99 Å². The molecule has 132 valence electrons. The van der Waals surface area contributed by atoms with E-state index in [9.17, 15) is 9.59 Å². The van der Waals surface area contributed by atoms with E-state index in [4.69, 9.17) is 5.73 Å². The highest BCUT2D eigenvalue weighted by atomic mass is 16.2. The highest BCUT2D eigenvalue weighted by molar-refractivity contribution is 6.03. The third-order valence-electron chi connectivity index (χ3n) is 5.06. The Bertz CT molecular complexity index is 925. The molecule has 1 aliphatic heterocycles. The molecule has 26 heavy (non-hydrogen) atoms. The van der Waals surface area contributed by atoms with E-state index >= 15 is 0 Å². The number of rotatable bonds is 2. The fourth-order valence-corrected chi connectivity index (χ4v) is 3.60. The van der Waals surface area contributed by atoms with E-state index in [1.165, 1.54) is 4.90 Å². The molecule has 4 rings (SSSR count). The number of guanidine groups is 1. The smallest absolute Gasteiger partial charge is 0.274 e. The monoisotopic (exact) mass is 349 g/mol. The molecular weight excluding hydrogens is 330 g/mol. The number of hydrogen-bond acceptors (Lipinski definition) is 5. The van der Waals surface area contributed by atoms with E-state index in [0.717, 1.165) is 24.0 Å². The molecule has 0 fully saturated rings. The molecule has 0 unspecified atom stereocenters. The number of nitrogens with one attached hydrogen (secondary N) is 1. The lowest BCUT2D eigenvalue weighted by molar-refractivity contribution is -0.128. The largest absolute Gasteiger partial charge is 0.369 e. The molecule has 1 aromatic carbocycles. The first-order chi connectivity index (χ1) is 12.5. The number of amides is 2. The van der Waals surface area contributed by atoms with Crippen molar-refractivity contribution >= 4 is 23.5 Å². The van der Waals surface area contributed by atoms with Crippen LogP contribution in [-0.4, -0.2) is 34.7 Å². The predicted octanol–water partition coefficient (Wildman–Crippen LogP) is 1.65. The number of aromatic nitrogens is 1. The standard InChI is InChI=1S/C19H19N5O2/c1-24-16(25)11-19(23-18(24)20)8-7-12-5-6-13(10-14(12)19)22-17(26)15-4-2-3-9-21-15/h2-6,9-10H,7-8,11H2,1H3,(H2,20,23)(H,22,26)/t19-/m0/s1. The number of hydrogen-bond donors (Lipinski definition) is 2. The number of aryl methyl sites for hydroxylation is 1. The third-order valence-corrected chi connectivity index (χ3v) is 5.06. The maximum Gasteiger partial charge on any atom is 0.274 e. The van der Waals surface area contributed by atoms with Crippen LogP contribution in [0.25, 0.3) is 0 Å². The zero-order valence-electron chi connectivity index (χ0n) is 14.4. The number of carbonyl (C=O) groups excluding carboxylic acids is 2. The van der Waals surface area contributed by atoms with Gasteiger partial charge >= 0.3 is 0 Å². The molecule has 3 N–H and O–H groups in total. The van der Waals surface area contributed by atoms with Gasteiger partial charge in [0.05, 0.1) is 12.0 Å². The number of fused-ring (bicyclic) bond motifs is 2. The molecule has 1 aliphatic carbocycles. The Morgan fingerprint density at radius 1 is 1.31 bits per heavy atom. The first kappa shape index (κ1) is 16.3. The summed E-state index contributed by atoms with van der Waals surface area (Å²) in [5.74, 6) is -0.0923. The number of aliphatic imine (C=N–C) groups is 1. The maximum atomic E-state index is 12.3. The van der Waals surface area contributed by atoms with Gasteiger partial charge in [-0.15, -0.1) is 0 Å². The molecule has 1 spiro atoms.